The highest BCUT2D eigenvalue weighted by Crippen LogP contribution is 2.17. The molecule has 0 saturated heterocycles. The minimum atomic E-state index is -0.534. The van der Waals surface area contributed by atoms with Crippen molar-refractivity contribution in [3.8, 4) is 0 Å². The molecule has 3 unspecified atom stereocenters. The number of hydrogen-bond donors (Lipinski definition) is 7. The van der Waals surface area contributed by atoms with Crippen LogP contribution in [0.4, 0.5) is 23.3 Å². The molecule has 4 aromatic heterocycles. The van der Waals surface area contributed by atoms with E-state index in [0.29, 0.717) is 46.0 Å². The van der Waals surface area contributed by atoms with Gasteiger partial charge in [-0.25, -0.2) is 19.9 Å². The van der Waals surface area contributed by atoms with Gasteiger partial charge in [0.15, 0.2) is 6.29 Å². The Morgan fingerprint density at radius 1 is 0.561 bits per heavy atom. The first-order chi connectivity index (χ1) is 18.5. The number of aromatic nitrogens is 4. The maximum Gasteiger partial charge on any atom is 0.153 e. The predicted molar refractivity (Wildman–Crippen MR) is 165 cm³/mol. The number of pyridine rings is 4. The molecule has 0 spiro atoms. The van der Waals surface area contributed by atoms with Crippen molar-refractivity contribution in [3.63, 3.8) is 0 Å². The van der Waals surface area contributed by atoms with E-state index >= 15 is 0 Å². The van der Waals surface area contributed by atoms with E-state index < -0.39 is 18.3 Å². The van der Waals surface area contributed by atoms with Gasteiger partial charge in [0, 0.05) is 41.5 Å². The molecular weight excluding hydrogens is 524 g/mol. The molecule has 4 rings (SSSR count). The molecule has 11 N–H and O–H groups in total. The maximum atomic E-state index is 10.1. The highest BCUT2D eigenvalue weighted by atomic mass is 16.3. The predicted octanol–water partition coefficient (Wildman–Crippen LogP) is 3.90. The summed E-state index contributed by atoms with van der Waals surface area (Å²) in [5.74, 6) is 1.49. The molecule has 12 nitrogen and oxygen atoms in total. The highest BCUT2D eigenvalue weighted by Gasteiger charge is 2.05. The Labute approximate surface area is 242 Å². The second kappa shape index (κ2) is 20.3. The minimum absolute atomic E-state index is 0. The lowest BCUT2D eigenvalue weighted by molar-refractivity contribution is 0.112. The fourth-order valence-corrected chi connectivity index (χ4v) is 2.88. The molecule has 12 heteroatoms. The molecule has 4 aromatic rings. The molecule has 0 aliphatic heterocycles. The standard InChI is InChI=1S/3C7H10N2O.C6H6N2O.2CH4/c3*1-5(10)6-3-2-4-9-7(6)8;7-6-5(4-9)2-1-3-8-6;;/h3*2-5,10H,1H3,(H2,8,9);1-4H,(H2,7,8);2*1H4. The fraction of sp³-hybridized carbons (Fsp3) is 0.276. The summed E-state index contributed by atoms with van der Waals surface area (Å²) in [7, 11) is 0. The number of carbonyl (C=O) groups is 1. The zero-order valence-electron chi connectivity index (χ0n) is 22.1. The molecule has 0 amide bonds. The molecule has 0 aliphatic rings. The maximum absolute atomic E-state index is 10.1. The van der Waals surface area contributed by atoms with Crippen LogP contribution in [0.5, 0.6) is 0 Å². The molecule has 0 radical (unpaired) electrons. The third-order valence-corrected chi connectivity index (χ3v) is 4.96. The van der Waals surface area contributed by atoms with Crippen LogP contribution in [-0.4, -0.2) is 41.5 Å². The quantitative estimate of drug-likeness (QED) is 0.174. The second-order valence-electron chi connectivity index (χ2n) is 8.06. The number of aliphatic hydroxyl groups is 3. The zero-order chi connectivity index (χ0) is 29.4. The number of nitrogens with two attached hydrogens (primary N) is 4. The van der Waals surface area contributed by atoms with Crippen LogP contribution in [0.1, 0.15) is 81.0 Å². The van der Waals surface area contributed by atoms with Gasteiger partial charge in [0.2, 0.25) is 0 Å². The second-order valence-corrected chi connectivity index (χ2v) is 8.06. The van der Waals surface area contributed by atoms with Gasteiger partial charge < -0.3 is 38.3 Å². The molecule has 0 saturated carbocycles. The highest BCUT2D eigenvalue weighted by molar-refractivity contribution is 5.81. The van der Waals surface area contributed by atoms with E-state index in [1.54, 1.807) is 94.1 Å². The Morgan fingerprint density at radius 3 is 1.00 bits per heavy atom. The third kappa shape index (κ3) is 13.8. The normalized spacial score (nSPS) is 11.5. The number of carbonyl (C=O) groups excluding carboxylic acids is 1. The lowest BCUT2D eigenvalue weighted by atomic mass is 10.2. The van der Waals surface area contributed by atoms with Gasteiger partial charge in [-0.05, 0) is 51.1 Å². The first kappa shape index (κ1) is 38.5. The molecule has 3 atom stereocenters. The average molecular weight is 569 g/mol. The largest absolute Gasteiger partial charge is 0.389 e. The first-order valence-corrected chi connectivity index (χ1v) is 11.8. The Kier molecular flexibility index (Phi) is 19.0. The summed E-state index contributed by atoms with van der Waals surface area (Å²) in [5.41, 5.74) is 24.1. The summed E-state index contributed by atoms with van der Waals surface area (Å²) in [4.78, 5) is 25.3. The summed E-state index contributed by atoms with van der Waals surface area (Å²) in [6.45, 7) is 4.98. The monoisotopic (exact) mass is 568 g/mol. The van der Waals surface area contributed by atoms with E-state index in [9.17, 15) is 4.79 Å². The Bertz CT molecular complexity index is 1170. The number of anilines is 4. The van der Waals surface area contributed by atoms with Crippen molar-refractivity contribution in [2.24, 2.45) is 0 Å². The Balaban J connectivity index is 0. The number of rotatable bonds is 4. The minimum Gasteiger partial charge on any atom is -0.389 e. The van der Waals surface area contributed by atoms with E-state index in [0.717, 1.165) is 0 Å². The topological polar surface area (TPSA) is 233 Å². The van der Waals surface area contributed by atoms with Crippen LogP contribution in [0.25, 0.3) is 0 Å². The van der Waals surface area contributed by atoms with Crippen LogP contribution in [-0.2, 0) is 0 Å². The molecule has 41 heavy (non-hydrogen) atoms. The zero-order valence-corrected chi connectivity index (χ0v) is 22.1. The van der Waals surface area contributed by atoms with E-state index in [2.05, 4.69) is 19.9 Å². The van der Waals surface area contributed by atoms with Gasteiger partial charge in [-0.2, -0.15) is 0 Å². The summed E-state index contributed by atoms with van der Waals surface area (Å²) in [5, 5.41) is 27.3. The van der Waals surface area contributed by atoms with Gasteiger partial charge in [0.05, 0.1) is 23.9 Å². The van der Waals surface area contributed by atoms with Crippen molar-refractivity contribution in [3.05, 3.63) is 95.6 Å². The van der Waals surface area contributed by atoms with Gasteiger partial charge >= 0.3 is 0 Å². The Hall–Kier alpha value is -4.65. The summed E-state index contributed by atoms with van der Waals surface area (Å²) in [6, 6.07) is 13.8. The van der Waals surface area contributed by atoms with Gasteiger partial charge in [-0.1, -0.05) is 33.1 Å². The number of nitrogens with zero attached hydrogens (tertiary/aromatic N) is 4. The van der Waals surface area contributed by atoms with Crippen LogP contribution < -0.4 is 22.9 Å². The first-order valence-electron chi connectivity index (χ1n) is 11.8. The average Bonchev–Trinajstić information content (AvgIpc) is 2.90. The number of nitrogen functional groups attached to an aromatic ring is 4. The lowest BCUT2D eigenvalue weighted by Crippen LogP contribution is -1.99. The van der Waals surface area contributed by atoms with E-state index in [-0.39, 0.29) is 20.7 Å². The molecule has 0 bridgehead atoms. The van der Waals surface area contributed by atoms with E-state index in [1.165, 1.54) is 0 Å². The molecule has 4 heterocycles. The number of hydrogen-bond acceptors (Lipinski definition) is 12. The van der Waals surface area contributed by atoms with Gasteiger partial charge in [0.1, 0.15) is 23.3 Å². The molecular formula is C29H44N8O4. The van der Waals surface area contributed by atoms with Crippen molar-refractivity contribution >= 4 is 29.6 Å². The summed E-state index contributed by atoms with van der Waals surface area (Å²) >= 11 is 0. The van der Waals surface area contributed by atoms with Crippen molar-refractivity contribution in [2.45, 2.75) is 53.9 Å². The van der Waals surface area contributed by atoms with Crippen molar-refractivity contribution in [1.82, 2.24) is 19.9 Å². The molecule has 0 aliphatic carbocycles. The van der Waals surface area contributed by atoms with Crippen LogP contribution in [0, 0.1) is 0 Å². The fourth-order valence-electron chi connectivity index (χ4n) is 2.88. The SMILES string of the molecule is C.C.CC(O)c1cccnc1N.CC(O)c1cccnc1N.CC(O)c1cccnc1N.Nc1ncccc1C=O. The van der Waals surface area contributed by atoms with E-state index in [1.807, 2.05) is 0 Å². The smallest absolute Gasteiger partial charge is 0.153 e. The van der Waals surface area contributed by atoms with Crippen LogP contribution in [0.2, 0.25) is 0 Å². The van der Waals surface area contributed by atoms with Gasteiger partial charge in [0.25, 0.3) is 0 Å². The summed E-state index contributed by atoms with van der Waals surface area (Å²) < 4.78 is 0. The van der Waals surface area contributed by atoms with Crippen LogP contribution in [0.15, 0.2) is 73.3 Å². The van der Waals surface area contributed by atoms with E-state index in [4.69, 9.17) is 38.3 Å². The van der Waals surface area contributed by atoms with Crippen LogP contribution in [0.3, 0.4) is 0 Å². The third-order valence-electron chi connectivity index (χ3n) is 4.96. The summed E-state index contributed by atoms with van der Waals surface area (Å²) in [6.07, 6.45) is 5.42. The number of aliphatic hydroxyl groups excluding tert-OH is 3. The van der Waals surface area contributed by atoms with Gasteiger partial charge in [-0.15, -0.1) is 0 Å². The molecule has 0 aromatic carbocycles. The van der Waals surface area contributed by atoms with Crippen molar-refractivity contribution in [1.29, 1.82) is 0 Å². The van der Waals surface area contributed by atoms with Crippen LogP contribution >= 0.6 is 0 Å². The number of aldehydes is 1. The Morgan fingerprint density at radius 2 is 0.829 bits per heavy atom. The molecule has 0 fully saturated rings. The lowest BCUT2D eigenvalue weighted by Gasteiger charge is -2.05. The van der Waals surface area contributed by atoms with Crippen molar-refractivity contribution < 1.29 is 20.1 Å². The van der Waals surface area contributed by atoms with Gasteiger partial charge in [-0.3, -0.25) is 4.79 Å². The van der Waals surface area contributed by atoms with Crippen molar-refractivity contribution in [2.75, 3.05) is 22.9 Å². The molecule has 224 valence electrons.